The number of benzene rings is 2. The molecule has 5 heteroatoms. The van der Waals surface area contributed by atoms with Crippen molar-refractivity contribution in [1.29, 1.82) is 0 Å². The monoisotopic (exact) mass is 312 g/mol. The van der Waals surface area contributed by atoms with Crippen LogP contribution < -0.4 is 16.2 Å². The quantitative estimate of drug-likeness (QED) is 0.822. The van der Waals surface area contributed by atoms with Gasteiger partial charge in [-0.25, -0.2) is 0 Å². The molecular weight excluding hydrogens is 304 g/mol. The molecule has 0 radical (unpaired) electrons. The summed E-state index contributed by atoms with van der Waals surface area (Å²) in [6.07, 6.45) is 0. The Labute approximate surface area is 112 Å². The summed E-state index contributed by atoms with van der Waals surface area (Å²) in [7, 11) is 0. The van der Waals surface area contributed by atoms with Gasteiger partial charge in [-0.15, -0.1) is 0 Å². The van der Waals surface area contributed by atoms with Gasteiger partial charge >= 0.3 is 0 Å². The minimum atomic E-state index is 0.430. The number of anilines is 2. The lowest BCUT2D eigenvalue weighted by Gasteiger charge is -2.09. The molecule has 0 fully saturated rings. The summed E-state index contributed by atoms with van der Waals surface area (Å²) in [6.45, 7) is 0. The van der Waals surface area contributed by atoms with Gasteiger partial charge in [-0.3, -0.25) is 0 Å². The molecule has 0 unspecified atom stereocenters. The van der Waals surface area contributed by atoms with Crippen molar-refractivity contribution in [1.82, 2.24) is 0 Å². The predicted octanol–water partition coefficient (Wildman–Crippen LogP) is 4.06. The Morgan fingerprint density at radius 3 is 2.24 bits per heavy atom. The lowest BCUT2D eigenvalue weighted by atomic mass is 10.2. The maximum absolute atomic E-state index is 6.01. The van der Waals surface area contributed by atoms with Crippen LogP contribution in [0, 0.1) is 0 Å². The van der Waals surface area contributed by atoms with Crippen LogP contribution in [0.15, 0.2) is 40.9 Å². The Balaban J connectivity index is 2.30. The summed E-state index contributed by atoms with van der Waals surface area (Å²) in [5.74, 6) is 1.17. The summed E-state index contributed by atoms with van der Waals surface area (Å²) in [4.78, 5) is 0. The first kappa shape index (κ1) is 12.1. The van der Waals surface area contributed by atoms with E-state index in [1.165, 1.54) is 0 Å². The van der Waals surface area contributed by atoms with Crippen LogP contribution in [0.1, 0.15) is 0 Å². The molecule has 88 valence electrons. The van der Waals surface area contributed by atoms with Crippen molar-refractivity contribution in [2.75, 3.05) is 11.5 Å². The maximum Gasteiger partial charge on any atom is 0.148 e. The van der Waals surface area contributed by atoms with Crippen molar-refractivity contribution in [3.63, 3.8) is 0 Å². The number of nitrogen functional groups attached to an aromatic ring is 2. The molecule has 0 aliphatic rings. The summed E-state index contributed by atoms with van der Waals surface area (Å²) < 4.78 is 6.59. The molecule has 0 aliphatic heterocycles. The predicted molar refractivity (Wildman–Crippen MR) is 74.5 cm³/mol. The molecule has 17 heavy (non-hydrogen) atoms. The van der Waals surface area contributed by atoms with E-state index in [1.807, 2.05) is 24.3 Å². The highest BCUT2D eigenvalue weighted by Crippen LogP contribution is 2.34. The molecule has 0 heterocycles. The number of halogens is 2. The summed E-state index contributed by atoms with van der Waals surface area (Å²) >= 11 is 9.36. The Morgan fingerprint density at radius 2 is 1.59 bits per heavy atom. The van der Waals surface area contributed by atoms with E-state index in [2.05, 4.69) is 15.9 Å². The van der Waals surface area contributed by atoms with Crippen LogP contribution in [0.25, 0.3) is 0 Å². The molecule has 0 aliphatic carbocycles. The van der Waals surface area contributed by atoms with E-state index in [0.717, 1.165) is 4.47 Å². The van der Waals surface area contributed by atoms with E-state index in [0.29, 0.717) is 27.9 Å². The zero-order valence-electron chi connectivity index (χ0n) is 8.78. The van der Waals surface area contributed by atoms with Gasteiger partial charge in [-0.2, -0.15) is 0 Å². The third-order valence-electron chi connectivity index (χ3n) is 2.18. The van der Waals surface area contributed by atoms with Gasteiger partial charge in [-0.05, 0) is 30.3 Å². The second-order valence-corrected chi connectivity index (χ2v) is 4.79. The first-order chi connectivity index (χ1) is 8.06. The fourth-order valence-electron chi connectivity index (χ4n) is 1.29. The smallest absolute Gasteiger partial charge is 0.148 e. The molecule has 2 aromatic carbocycles. The Morgan fingerprint density at radius 1 is 1.00 bits per heavy atom. The summed E-state index contributed by atoms with van der Waals surface area (Å²) in [5.41, 5.74) is 12.2. The molecule has 0 spiro atoms. The molecule has 2 rings (SSSR count). The number of rotatable bonds is 2. The minimum Gasteiger partial charge on any atom is -0.456 e. The van der Waals surface area contributed by atoms with Gasteiger partial charge in [0, 0.05) is 10.5 Å². The number of hydrogen-bond donors (Lipinski definition) is 2. The van der Waals surface area contributed by atoms with Gasteiger partial charge in [0.05, 0.1) is 16.4 Å². The molecule has 0 bridgehead atoms. The highest BCUT2D eigenvalue weighted by Gasteiger charge is 2.06. The van der Waals surface area contributed by atoms with Crippen molar-refractivity contribution in [2.45, 2.75) is 0 Å². The van der Waals surface area contributed by atoms with Crippen LogP contribution in [0.2, 0.25) is 5.02 Å². The number of hydrogen-bond acceptors (Lipinski definition) is 3. The van der Waals surface area contributed by atoms with Crippen molar-refractivity contribution >= 4 is 38.9 Å². The molecule has 4 N–H and O–H groups in total. The average Bonchev–Trinajstić information content (AvgIpc) is 2.29. The Bertz CT molecular complexity index is 543. The second kappa shape index (κ2) is 4.85. The zero-order valence-corrected chi connectivity index (χ0v) is 11.1. The van der Waals surface area contributed by atoms with E-state index < -0.39 is 0 Å². The fourth-order valence-corrected chi connectivity index (χ4v) is 1.77. The molecule has 0 atom stereocenters. The Kier molecular flexibility index (Phi) is 3.45. The van der Waals surface area contributed by atoms with E-state index in [9.17, 15) is 0 Å². The molecule has 0 saturated carbocycles. The molecule has 3 nitrogen and oxygen atoms in total. The minimum absolute atomic E-state index is 0.430. The van der Waals surface area contributed by atoms with Crippen LogP contribution in [-0.4, -0.2) is 0 Å². The van der Waals surface area contributed by atoms with Gasteiger partial charge in [0.25, 0.3) is 0 Å². The number of ether oxygens (including phenoxy) is 1. The molecule has 0 amide bonds. The fraction of sp³-hybridized carbons (Fsp3) is 0. The van der Waals surface area contributed by atoms with Crippen molar-refractivity contribution in [3.05, 3.63) is 45.9 Å². The topological polar surface area (TPSA) is 61.3 Å². The van der Waals surface area contributed by atoms with Crippen molar-refractivity contribution < 1.29 is 4.74 Å². The van der Waals surface area contributed by atoms with Gasteiger partial charge in [0.2, 0.25) is 0 Å². The number of nitrogens with two attached hydrogens (primary N) is 2. The standard InChI is InChI=1S/C12H10BrClN2O/c13-7-1-3-8(4-2-7)17-12-6-11(16)10(15)5-9(12)14/h1-6H,15-16H2. The molecule has 0 saturated heterocycles. The highest BCUT2D eigenvalue weighted by molar-refractivity contribution is 9.10. The normalized spacial score (nSPS) is 10.2. The SMILES string of the molecule is Nc1cc(Cl)c(Oc2ccc(Br)cc2)cc1N. The highest BCUT2D eigenvalue weighted by atomic mass is 79.9. The van der Waals surface area contributed by atoms with E-state index in [4.69, 9.17) is 27.8 Å². The van der Waals surface area contributed by atoms with Crippen LogP contribution in [0.5, 0.6) is 11.5 Å². The van der Waals surface area contributed by atoms with Crippen molar-refractivity contribution in [3.8, 4) is 11.5 Å². The van der Waals surface area contributed by atoms with Crippen LogP contribution in [0.4, 0.5) is 11.4 Å². The van der Waals surface area contributed by atoms with Crippen LogP contribution in [0.3, 0.4) is 0 Å². The van der Waals surface area contributed by atoms with Gasteiger partial charge < -0.3 is 16.2 Å². The van der Waals surface area contributed by atoms with Gasteiger partial charge in [0.1, 0.15) is 11.5 Å². The third-order valence-corrected chi connectivity index (χ3v) is 3.00. The maximum atomic E-state index is 6.01. The lowest BCUT2D eigenvalue weighted by Crippen LogP contribution is -1.95. The van der Waals surface area contributed by atoms with E-state index in [1.54, 1.807) is 12.1 Å². The van der Waals surface area contributed by atoms with Gasteiger partial charge in [-0.1, -0.05) is 27.5 Å². The molecule has 0 aromatic heterocycles. The molecular formula is C12H10BrClN2O. The summed E-state index contributed by atoms with van der Waals surface area (Å²) in [6, 6.07) is 10.6. The zero-order chi connectivity index (χ0) is 12.4. The average molecular weight is 314 g/mol. The lowest BCUT2D eigenvalue weighted by molar-refractivity contribution is 0.483. The van der Waals surface area contributed by atoms with Crippen molar-refractivity contribution in [2.24, 2.45) is 0 Å². The van der Waals surface area contributed by atoms with Crippen LogP contribution in [-0.2, 0) is 0 Å². The largest absolute Gasteiger partial charge is 0.456 e. The molecule has 2 aromatic rings. The first-order valence-corrected chi connectivity index (χ1v) is 6.01. The Hall–Kier alpha value is -1.39. The first-order valence-electron chi connectivity index (χ1n) is 4.84. The van der Waals surface area contributed by atoms with Crippen LogP contribution >= 0.6 is 27.5 Å². The van der Waals surface area contributed by atoms with E-state index >= 15 is 0 Å². The van der Waals surface area contributed by atoms with Gasteiger partial charge in [0.15, 0.2) is 0 Å². The van der Waals surface area contributed by atoms with E-state index in [-0.39, 0.29) is 0 Å². The summed E-state index contributed by atoms with van der Waals surface area (Å²) in [5, 5.41) is 0.430. The second-order valence-electron chi connectivity index (χ2n) is 3.47. The third kappa shape index (κ3) is 2.84.